The summed E-state index contributed by atoms with van der Waals surface area (Å²) in [6.07, 6.45) is 1.73. The monoisotopic (exact) mass is 558 g/mol. The molecule has 0 N–H and O–H groups in total. The molecule has 0 fully saturated rings. The van der Waals surface area contributed by atoms with E-state index in [9.17, 15) is 19.3 Å². The lowest BCUT2D eigenvalue weighted by molar-refractivity contribution is -0.385. The highest BCUT2D eigenvalue weighted by Crippen LogP contribution is 2.36. The van der Waals surface area contributed by atoms with E-state index < -0.39 is 10.7 Å². The molecule has 0 aliphatic rings. The summed E-state index contributed by atoms with van der Waals surface area (Å²) in [6, 6.07) is 13.5. The number of benzene rings is 3. The summed E-state index contributed by atoms with van der Waals surface area (Å²) in [5, 5.41) is 16.3. The fourth-order valence-electron chi connectivity index (χ4n) is 3.40. The number of ether oxygens (including phenoxy) is 1. The molecule has 11 heteroatoms. The van der Waals surface area contributed by atoms with Gasteiger partial charge in [0.25, 0.3) is 5.56 Å². The predicted octanol–water partition coefficient (Wildman–Crippen LogP) is 5.88. The number of hydrogen-bond donors (Lipinski definition) is 0. The SMILES string of the molecule is CCc1nc2ccc(Br)cc2c(=O)n1N=Cc1cc(Cl)c(OCc2cccc(F)c2)c([N+](=O)[O-])c1. The third-order valence-corrected chi connectivity index (χ3v) is 5.80. The van der Waals surface area contributed by atoms with E-state index in [1.165, 1.54) is 36.5 Å². The van der Waals surface area contributed by atoms with Crippen molar-refractivity contribution in [1.82, 2.24) is 9.66 Å². The van der Waals surface area contributed by atoms with Gasteiger partial charge in [-0.15, -0.1) is 0 Å². The van der Waals surface area contributed by atoms with Gasteiger partial charge in [-0.1, -0.05) is 46.6 Å². The smallest absolute Gasteiger partial charge is 0.313 e. The topological polar surface area (TPSA) is 99.6 Å². The molecule has 0 spiro atoms. The number of nitro benzene ring substituents is 1. The Hall–Kier alpha value is -3.63. The second-order valence-electron chi connectivity index (χ2n) is 7.43. The van der Waals surface area contributed by atoms with Gasteiger partial charge in [0.2, 0.25) is 5.75 Å². The number of rotatable bonds is 7. The normalized spacial score (nSPS) is 11.3. The van der Waals surface area contributed by atoms with Crippen molar-refractivity contribution in [1.29, 1.82) is 0 Å². The second-order valence-corrected chi connectivity index (χ2v) is 8.75. The van der Waals surface area contributed by atoms with Crippen LogP contribution in [0.3, 0.4) is 0 Å². The third-order valence-electron chi connectivity index (χ3n) is 5.03. The van der Waals surface area contributed by atoms with Crippen LogP contribution in [0, 0.1) is 15.9 Å². The van der Waals surface area contributed by atoms with Crippen LogP contribution in [0.5, 0.6) is 5.75 Å². The lowest BCUT2D eigenvalue weighted by Crippen LogP contribution is -2.22. The molecule has 8 nitrogen and oxygen atoms in total. The zero-order chi connectivity index (χ0) is 25.1. The van der Waals surface area contributed by atoms with Crippen LogP contribution in [0.4, 0.5) is 10.1 Å². The molecule has 0 unspecified atom stereocenters. The summed E-state index contributed by atoms with van der Waals surface area (Å²) >= 11 is 9.64. The second kappa shape index (κ2) is 10.3. The van der Waals surface area contributed by atoms with Gasteiger partial charge in [0, 0.05) is 22.5 Å². The van der Waals surface area contributed by atoms with Gasteiger partial charge in [-0.25, -0.2) is 9.37 Å². The highest BCUT2D eigenvalue weighted by atomic mass is 79.9. The molecule has 4 rings (SSSR count). The van der Waals surface area contributed by atoms with E-state index in [2.05, 4.69) is 26.0 Å². The van der Waals surface area contributed by atoms with Crippen molar-refractivity contribution in [3.8, 4) is 5.75 Å². The third kappa shape index (κ3) is 5.39. The first-order chi connectivity index (χ1) is 16.8. The first-order valence-electron chi connectivity index (χ1n) is 10.4. The van der Waals surface area contributed by atoms with Crippen LogP contribution in [0.2, 0.25) is 5.02 Å². The van der Waals surface area contributed by atoms with Gasteiger partial charge >= 0.3 is 5.69 Å². The van der Waals surface area contributed by atoms with Crippen molar-refractivity contribution in [3.63, 3.8) is 0 Å². The maximum absolute atomic E-state index is 13.4. The van der Waals surface area contributed by atoms with E-state index in [1.54, 1.807) is 24.3 Å². The highest BCUT2D eigenvalue weighted by molar-refractivity contribution is 9.10. The molecule has 1 heterocycles. The molecule has 0 bridgehead atoms. The van der Waals surface area contributed by atoms with Crippen LogP contribution in [0.25, 0.3) is 10.9 Å². The van der Waals surface area contributed by atoms with Crippen molar-refractivity contribution in [2.24, 2.45) is 5.10 Å². The van der Waals surface area contributed by atoms with Crippen molar-refractivity contribution >= 4 is 50.3 Å². The van der Waals surface area contributed by atoms with Crippen molar-refractivity contribution < 1.29 is 14.1 Å². The minimum atomic E-state index is -0.636. The Morgan fingerprint density at radius 1 is 1.26 bits per heavy atom. The summed E-state index contributed by atoms with van der Waals surface area (Å²) in [4.78, 5) is 28.6. The lowest BCUT2D eigenvalue weighted by Gasteiger charge is -2.10. The van der Waals surface area contributed by atoms with Crippen LogP contribution in [-0.4, -0.2) is 20.8 Å². The van der Waals surface area contributed by atoms with Gasteiger partial charge in [0.1, 0.15) is 18.2 Å². The average Bonchev–Trinajstić information content (AvgIpc) is 2.82. The lowest BCUT2D eigenvalue weighted by atomic mass is 10.2. The van der Waals surface area contributed by atoms with Crippen LogP contribution >= 0.6 is 27.5 Å². The molecule has 1 aromatic heterocycles. The number of aromatic nitrogens is 2. The fraction of sp³-hybridized carbons (Fsp3) is 0.125. The first kappa shape index (κ1) is 24.5. The van der Waals surface area contributed by atoms with Gasteiger partial charge in [0.05, 0.1) is 27.1 Å². The predicted molar refractivity (Wildman–Crippen MR) is 135 cm³/mol. The van der Waals surface area contributed by atoms with E-state index in [-0.39, 0.29) is 34.2 Å². The minimum Gasteiger partial charge on any atom is -0.481 e. The highest BCUT2D eigenvalue weighted by Gasteiger charge is 2.21. The standard InChI is InChI=1S/C24H17BrClFN4O4/c1-2-22-29-20-7-6-16(25)11-18(20)24(32)30(22)28-12-15-9-19(26)23(21(10-15)31(33)34)35-13-14-4-3-5-17(27)8-14/h3-12H,2,13H2,1H3. The molecular weight excluding hydrogens is 543 g/mol. The Morgan fingerprint density at radius 3 is 2.77 bits per heavy atom. The minimum absolute atomic E-state index is 0.0271. The molecule has 3 aromatic carbocycles. The van der Waals surface area contributed by atoms with Gasteiger partial charge in [-0.05, 0) is 42.0 Å². The van der Waals surface area contributed by atoms with E-state index in [4.69, 9.17) is 16.3 Å². The van der Waals surface area contributed by atoms with E-state index >= 15 is 0 Å². The molecule has 0 amide bonds. The molecule has 0 atom stereocenters. The van der Waals surface area contributed by atoms with Gasteiger partial charge < -0.3 is 4.74 Å². The largest absolute Gasteiger partial charge is 0.481 e. The van der Waals surface area contributed by atoms with Gasteiger partial charge in [-0.2, -0.15) is 9.78 Å². The summed E-state index contributed by atoms with van der Waals surface area (Å²) in [5.74, 6) is -0.172. The van der Waals surface area contributed by atoms with Crippen LogP contribution in [0.15, 0.2) is 69.0 Å². The average molecular weight is 560 g/mol. The van der Waals surface area contributed by atoms with Crippen molar-refractivity contribution in [2.45, 2.75) is 20.0 Å². The Balaban J connectivity index is 1.70. The number of fused-ring (bicyclic) bond motifs is 1. The number of hydrogen-bond acceptors (Lipinski definition) is 6. The van der Waals surface area contributed by atoms with Gasteiger partial charge in [0.15, 0.2) is 0 Å². The Kier molecular flexibility index (Phi) is 7.23. The van der Waals surface area contributed by atoms with Crippen molar-refractivity contribution in [3.05, 3.63) is 107 Å². The molecule has 4 aromatic rings. The molecule has 0 aliphatic carbocycles. The molecule has 0 saturated carbocycles. The van der Waals surface area contributed by atoms with E-state index in [1.807, 2.05) is 6.92 Å². The number of nitro groups is 1. The van der Waals surface area contributed by atoms with Crippen molar-refractivity contribution in [2.75, 3.05) is 0 Å². The molecule has 178 valence electrons. The summed E-state index contributed by atoms with van der Waals surface area (Å²) < 4.78 is 20.8. The van der Waals surface area contributed by atoms with Crippen LogP contribution in [0.1, 0.15) is 23.9 Å². The Labute approximate surface area is 211 Å². The molecule has 0 aliphatic heterocycles. The summed E-state index contributed by atoms with van der Waals surface area (Å²) in [7, 11) is 0. The molecule has 0 radical (unpaired) electrons. The fourth-order valence-corrected chi connectivity index (χ4v) is 4.04. The maximum atomic E-state index is 13.4. The summed E-state index contributed by atoms with van der Waals surface area (Å²) in [5.41, 5.74) is 0.546. The van der Waals surface area contributed by atoms with Gasteiger partial charge in [-0.3, -0.25) is 14.9 Å². The maximum Gasteiger partial charge on any atom is 0.313 e. The molecule has 35 heavy (non-hydrogen) atoms. The molecular formula is C24H17BrClFN4O4. The van der Waals surface area contributed by atoms with Crippen LogP contribution in [-0.2, 0) is 13.0 Å². The van der Waals surface area contributed by atoms with E-state index in [0.29, 0.717) is 28.7 Å². The number of halogens is 3. The zero-order valence-corrected chi connectivity index (χ0v) is 20.6. The zero-order valence-electron chi connectivity index (χ0n) is 18.2. The Morgan fingerprint density at radius 2 is 2.06 bits per heavy atom. The molecule has 0 saturated heterocycles. The quantitative estimate of drug-likeness (QED) is 0.160. The summed E-state index contributed by atoms with van der Waals surface area (Å²) in [6.45, 7) is 1.73. The van der Waals surface area contributed by atoms with Crippen LogP contribution < -0.4 is 10.3 Å². The first-order valence-corrected chi connectivity index (χ1v) is 11.5. The van der Waals surface area contributed by atoms with E-state index in [0.717, 1.165) is 9.15 Å². The Bertz CT molecular complexity index is 1540. The number of aryl methyl sites for hydroxylation is 1. The number of nitrogens with zero attached hydrogens (tertiary/aromatic N) is 4.